The molecule has 1 aliphatic rings. The summed E-state index contributed by atoms with van der Waals surface area (Å²) in [6.45, 7) is 2.42. The summed E-state index contributed by atoms with van der Waals surface area (Å²) in [6, 6.07) is 10.4. The van der Waals surface area contributed by atoms with Crippen LogP contribution in [0.2, 0.25) is 0 Å². The largest absolute Gasteiger partial charge is 0.337 e. The van der Waals surface area contributed by atoms with E-state index < -0.39 is 0 Å². The monoisotopic (exact) mass is 415 g/mol. The molecule has 0 saturated carbocycles. The lowest BCUT2D eigenvalue weighted by Crippen LogP contribution is -2.39. The smallest absolute Gasteiger partial charge is 0.276 e. The molecule has 3 N–H and O–H groups in total. The van der Waals surface area contributed by atoms with Crippen molar-refractivity contribution < 1.29 is 4.79 Å². The van der Waals surface area contributed by atoms with Crippen molar-refractivity contribution in [1.29, 1.82) is 0 Å². The fraction of sp³-hybridized carbons (Fsp3) is 0.400. The Morgan fingerprint density at radius 3 is 2.90 bits per heavy atom. The van der Waals surface area contributed by atoms with Crippen LogP contribution in [0, 0.1) is 0 Å². The third kappa shape index (κ3) is 4.83. The van der Waals surface area contributed by atoms with Crippen LogP contribution < -0.4 is 5.73 Å². The Hall–Kier alpha value is -2.71. The number of carbonyl (C=O) groups excluding carboxylic acids is 1. The first-order valence-corrected chi connectivity index (χ1v) is 9.70. The molecule has 1 amide bonds. The maximum absolute atomic E-state index is 12.9. The Bertz CT molecular complexity index is 924. The van der Waals surface area contributed by atoms with Crippen molar-refractivity contribution in [2.45, 2.75) is 31.7 Å². The second-order valence-corrected chi connectivity index (χ2v) is 7.22. The highest BCUT2D eigenvalue weighted by Crippen LogP contribution is 2.29. The Morgan fingerprint density at radius 2 is 2.10 bits per heavy atom. The van der Waals surface area contributed by atoms with Gasteiger partial charge in [0.25, 0.3) is 5.91 Å². The fourth-order valence-corrected chi connectivity index (χ4v) is 3.83. The van der Waals surface area contributed by atoms with Crippen LogP contribution in [0.4, 0.5) is 0 Å². The lowest BCUT2D eigenvalue weighted by Gasteiger charge is -2.32. The minimum atomic E-state index is -0.0721. The number of aromatic nitrogens is 5. The summed E-state index contributed by atoms with van der Waals surface area (Å²) in [4.78, 5) is 14.7. The number of likely N-dealkylation sites (tertiary alicyclic amines) is 1. The van der Waals surface area contributed by atoms with E-state index in [0.29, 0.717) is 25.3 Å². The first-order valence-electron chi connectivity index (χ1n) is 9.70. The SMILES string of the molecule is Cl.NCCn1cc(C(=O)N2CCCC(c3[nH]ncc3Cc3ccccc3)C2)nn1. The molecule has 3 aromatic rings. The quantitative estimate of drug-likeness (QED) is 0.640. The van der Waals surface area contributed by atoms with Crippen LogP contribution in [-0.4, -0.2) is 55.6 Å². The molecule has 1 aliphatic heterocycles. The highest BCUT2D eigenvalue weighted by atomic mass is 35.5. The van der Waals surface area contributed by atoms with E-state index in [9.17, 15) is 4.79 Å². The highest BCUT2D eigenvalue weighted by molar-refractivity contribution is 5.92. The van der Waals surface area contributed by atoms with Crippen molar-refractivity contribution in [3.8, 4) is 0 Å². The van der Waals surface area contributed by atoms with Crippen LogP contribution in [0.15, 0.2) is 42.7 Å². The number of aromatic amines is 1. The van der Waals surface area contributed by atoms with Crippen LogP contribution in [0.25, 0.3) is 0 Å². The van der Waals surface area contributed by atoms with Crippen LogP contribution in [0.3, 0.4) is 0 Å². The van der Waals surface area contributed by atoms with Crippen LogP contribution in [0.1, 0.15) is 46.1 Å². The Labute approximate surface area is 175 Å². The number of H-pyrrole nitrogens is 1. The first kappa shape index (κ1) is 21.0. The molecule has 1 saturated heterocycles. The van der Waals surface area contributed by atoms with Gasteiger partial charge < -0.3 is 10.6 Å². The predicted octanol–water partition coefficient (Wildman–Crippen LogP) is 1.99. The van der Waals surface area contributed by atoms with Gasteiger partial charge in [0.15, 0.2) is 5.69 Å². The number of hydrogen-bond donors (Lipinski definition) is 2. The molecule has 0 radical (unpaired) electrons. The van der Waals surface area contributed by atoms with E-state index in [1.165, 1.54) is 11.1 Å². The minimum absolute atomic E-state index is 0. The zero-order valence-electron chi connectivity index (χ0n) is 16.2. The third-order valence-corrected chi connectivity index (χ3v) is 5.22. The Kier molecular flexibility index (Phi) is 7.00. The van der Waals surface area contributed by atoms with Gasteiger partial charge in [0.1, 0.15) is 0 Å². The lowest BCUT2D eigenvalue weighted by molar-refractivity contribution is 0.0699. The summed E-state index contributed by atoms with van der Waals surface area (Å²) < 4.78 is 1.61. The average Bonchev–Trinajstić information content (AvgIpc) is 3.38. The highest BCUT2D eigenvalue weighted by Gasteiger charge is 2.29. The van der Waals surface area contributed by atoms with E-state index in [4.69, 9.17) is 5.73 Å². The van der Waals surface area contributed by atoms with E-state index in [2.05, 4.69) is 32.6 Å². The molecule has 0 spiro atoms. The van der Waals surface area contributed by atoms with Crippen LogP contribution in [0.5, 0.6) is 0 Å². The van der Waals surface area contributed by atoms with Gasteiger partial charge in [0.2, 0.25) is 0 Å². The van der Waals surface area contributed by atoms with Gasteiger partial charge in [0.05, 0.1) is 18.9 Å². The number of nitrogens with zero attached hydrogens (tertiary/aromatic N) is 5. The number of nitrogens with two attached hydrogens (primary N) is 1. The second kappa shape index (κ2) is 9.67. The standard InChI is InChI=1S/C20H25N7O.ClH/c21-8-10-27-14-18(23-25-27)20(28)26-9-4-7-16(13-26)19-17(12-22-24-19)11-15-5-2-1-3-6-15;/h1-3,5-6,12,14,16H,4,7-11,13,21H2,(H,22,24);1H. The van der Waals surface area contributed by atoms with E-state index in [1.54, 1.807) is 10.9 Å². The molecule has 2 aromatic heterocycles. The summed E-state index contributed by atoms with van der Waals surface area (Å²) in [6.07, 6.45) is 6.41. The van der Waals surface area contributed by atoms with Crippen molar-refractivity contribution >= 4 is 18.3 Å². The van der Waals surface area contributed by atoms with Gasteiger partial charge >= 0.3 is 0 Å². The molecule has 4 rings (SSSR count). The van der Waals surface area contributed by atoms with Crippen LogP contribution >= 0.6 is 12.4 Å². The van der Waals surface area contributed by atoms with Crippen molar-refractivity contribution in [3.63, 3.8) is 0 Å². The summed E-state index contributed by atoms with van der Waals surface area (Å²) in [5, 5.41) is 15.5. The number of nitrogens with one attached hydrogen (secondary N) is 1. The van der Waals surface area contributed by atoms with E-state index in [-0.39, 0.29) is 24.2 Å². The molecule has 1 unspecified atom stereocenters. The molecular formula is C20H26ClN7O. The maximum Gasteiger partial charge on any atom is 0.276 e. The molecule has 8 nitrogen and oxygen atoms in total. The number of carbonyl (C=O) groups is 1. The number of hydrogen-bond acceptors (Lipinski definition) is 5. The van der Waals surface area contributed by atoms with E-state index in [0.717, 1.165) is 31.5 Å². The predicted molar refractivity (Wildman–Crippen MR) is 112 cm³/mol. The van der Waals surface area contributed by atoms with Crippen molar-refractivity contribution in [2.24, 2.45) is 5.73 Å². The molecule has 1 aromatic carbocycles. The molecule has 0 aliphatic carbocycles. The fourth-order valence-electron chi connectivity index (χ4n) is 3.83. The average molecular weight is 416 g/mol. The van der Waals surface area contributed by atoms with Crippen LogP contribution in [-0.2, 0) is 13.0 Å². The zero-order valence-corrected chi connectivity index (χ0v) is 17.0. The molecule has 1 atom stereocenters. The van der Waals surface area contributed by atoms with E-state index >= 15 is 0 Å². The number of halogens is 1. The topological polar surface area (TPSA) is 106 Å². The minimum Gasteiger partial charge on any atom is -0.337 e. The molecular weight excluding hydrogens is 390 g/mol. The second-order valence-electron chi connectivity index (χ2n) is 7.22. The first-order chi connectivity index (χ1) is 13.7. The number of piperidine rings is 1. The van der Waals surface area contributed by atoms with Gasteiger partial charge in [-0.05, 0) is 24.0 Å². The summed E-state index contributed by atoms with van der Waals surface area (Å²) in [5.41, 5.74) is 9.50. The number of benzene rings is 1. The molecule has 1 fully saturated rings. The zero-order chi connectivity index (χ0) is 19.3. The van der Waals surface area contributed by atoms with Gasteiger partial charge in [-0.25, -0.2) is 0 Å². The Balaban J connectivity index is 0.00000240. The maximum atomic E-state index is 12.9. The number of amides is 1. The van der Waals surface area contributed by atoms with Gasteiger partial charge in [-0.1, -0.05) is 35.5 Å². The molecule has 154 valence electrons. The van der Waals surface area contributed by atoms with Crippen molar-refractivity contribution in [3.05, 3.63) is 65.2 Å². The normalized spacial score (nSPS) is 16.4. The molecule has 3 heterocycles. The lowest BCUT2D eigenvalue weighted by atomic mass is 9.90. The molecule has 29 heavy (non-hydrogen) atoms. The summed E-state index contributed by atoms with van der Waals surface area (Å²) in [5.74, 6) is 0.176. The molecule has 9 heteroatoms. The van der Waals surface area contributed by atoms with E-state index in [1.807, 2.05) is 29.3 Å². The van der Waals surface area contributed by atoms with Gasteiger partial charge in [0, 0.05) is 37.7 Å². The van der Waals surface area contributed by atoms with Gasteiger partial charge in [-0.3, -0.25) is 14.6 Å². The van der Waals surface area contributed by atoms with Gasteiger partial charge in [-0.2, -0.15) is 5.10 Å². The summed E-state index contributed by atoms with van der Waals surface area (Å²) in [7, 11) is 0. The number of rotatable bonds is 6. The third-order valence-electron chi connectivity index (χ3n) is 5.22. The summed E-state index contributed by atoms with van der Waals surface area (Å²) >= 11 is 0. The van der Waals surface area contributed by atoms with Crippen molar-refractivity contribution in [1.82, 2.24) is 30.1 Å². The van der Waals surface area contributed by atoms with Gasteiger partial charge in [-0.15, -0.1) is 17.5 Å². The Morgan fingerprint density at radius 1 is 1.28 bits per heavy atom. The molecule has 0 bridgehead atoms. The van der Waals surface area contributed by atoms with Crippen molar-refractivity contribution in [2.75, 3.05) is 19.6 Å².